The number of aromatic nitrogens is 1. The number of fused-ring (bicyclic) bond motifs is 6. The molecule has 3 heteroatoms. The number of anilines is 6. The van der Waals surface area contributed by atoms with Crippen LogP contribution < -0.4 is 9.80 Å². The van der Waals surface area contributed by atoms with E-state index in [1.54, 1.807) is 0 Å². The molecule has 11 aromatic rings. The Bertz CT molecular complexity index is 3590. The van der Waals surface area contributed by atoms with E-state index < -0.39 is 0 Å². The number of aryl methyl sites for hydroxylation is 1. The SMILES string of the molecule is Cc1ccc(N(c2ccccc2)c2cc(-c3ccc4c(c3)c3ccccc3n4-c3ccc(-c4ccccc4)cc3)cc(N(c3ccccc3)c3ccc4c(c3)C(C)(C)c3ccccc3-4)c2)cc1. The van der Waals surface area contributed by atoms with Crippen molar-refractivity contribution in [3.8, 4) is 39.1 Å². The third-order valence-electron chi connectivity index (χ3n) is 13.8. The zero-order chi connectivity index (χ0) is 45.1. The van der Waals surface area contributed by atoms with E-state index in [-0.39, 0.29) is 5.41 Å². The summed E-state index contributed by atoms with van der Waals surface area (Å²) in [6.07, 6.45) is 0. The van der Waals surface area contributed by atoms with Crippen LogP contribution >= 0.6 is 0 Å². The van der Waals surface area contributed by atoms with Crippen LogP contribution in [0.4, 0.5) is 34.1 Å². The minimum absolute atomic E-state index is 0.147. The van der Waals surface area contributed by atoms with Crippen LogP contribution in [0.5, 0.6) is 0 Å². The second-order valence-corrected chi connectivity index (χ2v) is 18.3. The third kappa shape index (κ3) is 6.99. The minimum atomic E-state index is -0.147. The van der Waals surface area contributed by atoms with Gasteiger partial charge in [-0.05, 0) is 148 Å². The highest BCUT2D eigenvalue weighted by atomic mass is 15.2. The molecule has 10 aromatic carbocycles. The molecular formula is C64H49N3. The van der Waals surface area contributed by atoms with Crippen LogP contribution in [0, 0.1) is 6.92 Å². The lowest BCUT2D eigenvalue weighted by Gasteiger charge is -2.31. The second kappa shape index (κ2) is 16.2. The monoisotopic (exact) mass is 859 g/mol. The summed E-state index contributed by atoms with van der Waals surface area (Å²) in [5.74, 6) is 0. The van der Waals surface area contributed by atoms with E-state index in [1.807, 2.05) is 0 Å². The number of benzene rings is 10. The molecule has 1 aromatic heterocycles. The molecule has 0 unspecified atom stereocenters. The predicted octanol–water partition coefficient (Wildman–Crippen LogP) is 17.7. The Morgan fingerprint density at radius 3 is 1.55 bits per heavy atom. The van der Waals surface area contributed by atoms with Crippen LogP contribution in [-0.2, 0) is 5.41 Å². The van der Waals surface area contributed by atoms with Crippen molar-refractivity contribution in [2.45, 2.75) is 26.2 Å². The Morgan fingerprint density at radius 2 is 0.851 bits per heavy atom. The van der Waals surface area contributed by atoms with Crippen molar-refractivity contribution >= 4 is 55.9 Å². The molecule has 0 bridgehead atoms. The molecule has 0 fully saturated rings. The van der Waals surface area contributed by atoms with Crippen LogP contribution in [-0.4, -0.2) is 4.57 Å². The van der Waals surface area contributed by atoms with Gasteiger partial charge in [-0.3, -0.25) is 0 Å². The fourth-order valence-electron chi connectivity index (χ4n) is 10.5. The van der Waals surface area contributed by atoms with Crippen molar-refractivity contribution in [3.05, 3.63) is 259 Å². The van der Waals surface area contributed by atoms with Gasteiger partial charge in [0.25, 0.3) is 0 Å². The fourth-order valence-corrected chi connectivity index (χ4v) is 10.5. The van der Waals surface area contributed by atoms with Crippen molar-refractivity contribution < 1.29 is 0 Å². The van der Waals surface area contributed by atoms with E-state index in [1.165, 1.54) is 60.8 Å². The van der Waals surface area contributed by atoms with Crippen LogP contribution in [0.3, 0.4) is 0 Å². The number of nitrogens with zero attached hydrogens (tertiary/aromatic N) is 3. The lowest BCUT2D eigenvalue weighted by molar-refractivity contribution is 0.660. The Hall–Kier alpha value is -8.40. The second-order valence-electron chi connectivity index (χ2n) is 18.3. The summed E-state index contributed by atoms with van der Waals surface area (Å²) in [4.78, 5) is 4.83. The van der Waals surface area contributed by atoms with Crippen LogP contribution in [0.15, 0.2) is 243 Å². The molecule has 12 rings (SSSR count). The van der Waals surface area contributed by atoms with Crippen molar-refractivity contribution in [2.75, 3.05) is 9.80 Å². The lowest BCUT2D eigenvalue weighted by atomic mass is 9.82. The summed E-state index contributed by atoms with van der Waals surface area (Å²) in [5.41, 5.74) is 21.1. The minimum Gasteiger partial charge on any atom is -0.310 e. The first kappa shape index (κ1) is 40.1. The Balaban J connectivity index is 1.07. The average molecular weight is 860 g/mol. The van der Waals surface area contributed by atoms with Gasteiger partial charge in [-0.15, -0.1) is 0 Å². The molecule has 0 aliphatic heterocycles. The first-order valence-corrected chi connectivity index (χ1v) is 23.3. The lowest BCUT2D eigenvalue weighted by Crippen LogP contribution is -2.17. The van der Waals surface area contributed by atoms with Gasteiger partial charge in [-0.2, -0.15) is 0 Å². The molecule has 0 amide bonds. The highest BCUT2D eigenvalue weighted by molar-refractivity contribution is 6.10. The van der Waals surface area contributed by atoms with Gasteiger partial charge in [-0.1, -0.05) is 165 Å². The van der Waals surface area contributed by atoms with E-state index in [4.69, 9.17) is 0 Å². The predicted molar refractivity (Wildman–Crippen MR) is 283 cm³/mol. The molecule has 3 nitrogen and oxygen atoms in total. The van der Waals surface area contributed by atoms with Crippen LogP contribution in [0.1, 0.15) is 30.5 Å². The third-order valence-corrected chi connectivity index (χ3v) is 13.8. The van der Waals surface area contributed by atoms with Crippen molar-refractivity contribution in [1.29, 1.82) is 0 Å². The van der Waals surface area contributed by atoms with Crippen LogP contribution in [0.25, 0.3) is 60.9 Å². The molecule has 0 spiro atoms. The summed E-state index contributed by atoms with van der Waals surface area (Å²) in [6, 6.07) is 88.9. The van der Waals surface area contributed by atoms with Gasteiger partial charge in [-0.25, -0.2) is 0 Å². The molecule has 1 heterocycles. The molecule has 67 heavy (non-hydrogen) atoms. The van der Waals surface area contributed by atoms with E-state index in [9.17, 15) is 0 Å². The molecule has 1 aliphatic carbocycles. The van der Waals surface area contributed by atoms with Gasteiger partial charge in [0.1, 0.15) is 0 Å². The molecule has 0 saturated heterocycles. The first-order valence-electron chi connectivity index (χ1n) is 23.3. The van der Waals surface area contributed by atoms with E-state index in [0.29, 0.717) is 0 Å². The quantitative estimate of drug-likeness (QED) is 0.143. The number of hydrogen-bond acceptors (Lipinski definition) is 2. The van der Waals surface area contributed by atoms with Gasteiger partial charge in [0.15, 0.2) is 0 Å². The number of hydrogen-bond donors (Lipinski definition) is 0. The van der Waals surface area contributed by atoms with Crippen molar-refractivity contribution in [2.24, 2.45) is 0 Å². The van der Waals surface area contributed by atoms with Gasteiger partial charge < -0.3 is 14.4 Å². The molecule has 1 aliphatic rings. The summed E-state index contributed by atoms with van der Waals surface area (Å²) in [5, 5.41) is 2.44. The number of para-hydroxylation sites is 3. The molecule has 0 saturated carbocycles. The largest absolute Gasteiger partial charge is 0.310 e. The van der Waals surface area contributed by atoms with Gasteiger partial charge in [0, 0.05) is 56.0 Å². The average Bonchev–Trinajstić information content (AvgIpc) is 3.83. The van der Waals surface area contributed by atoms with E-state index in [0.717, 1.165) is 50.9 Å². The molecule has 0 atom stereocenters. The molecular weight excluding hydrogens is 811 g/mol. The Morgan fingerprint density at radius 1 is 0.328 bits per heavy atom. The summed E-state index contributed by atoms with van der Waals surface area (Å²) in [7, 11) is 0. The zero-order valence-electron chi connectivity index (χ0n) is 37.9. The summed E-state index contributed by atoms with van der Waals surface area (Å²) < 4.78 is 2.41. The molecule has 320 valence electrons. The Labute approximate surface area is 393 Å². The fraction of sp³-hybridized carbons (Fsp3) is 0.0625. The maximum absolute atomic E-state index is 2.44. The highest BCUT2D eigenvalue weighted by Crippen LogP contribution is 2.51. The van der Waals surface area contributed by atoms with Crippen molar-refractivity contribution in [1.82, 2.24) is 4.57 Å². The maximum atomic E-state index is 2.44. The standard InChI is InChI=1S/C64H49N3/c1-44-27-32-51(33-28-44)65(49-19-9-5-10-20-49)54-39-48(40-55(42-54)66(50-21-11-6-12-22-50)53-36-37-57-56-23-13-15-25-60(56)64(2,3)61(57)43-53)47-31-38-63-59(41-47)58-24-14-16-26-62(58)67(63)52-34-29-46(30-35-52)45-17-7-4-8-18-45/h4-43H,1-3H3. The summed E-state index contributed by atoms with van der Waals surface area (Å²) in [6.45, 7) is 6.87. The van der Waals surface area contributed by atoms with Gasteiger partial charge >= 0.3 is 0 Å². The number of rotatable bonds is 9. The zero-order valence-corrected chi connectivity index (χ0v) is 37.9. The summed E-state index contributed by atoms with van der Waals surface area (Å²) >= 11 is 0. The van der Waals surface area contributed by atoms with E-state index >= 15 is 0 Å². The normalized spacial score (nSPS) is 12.5. The van der Waals surface area contributed by atoms with Gasteiger partial charge in [0.2, 0.25) is 0 Å². The molecule has 0 N–H and O–H groups in total. The maximum Gasteiger partial charge on any atom is 0.0541 e. The first-order chi connectivity index (χ1) is 32.9. The topological polar surface area (TPSA) is 11.4 Å². The molecule has 0 radical (unpaired) electrons. The van der Waals surface area contributed by atoms with Crippen LogP contribution in [0.2, 0.25) is 0 Å². The van der Waals surface area contributed by atoms with E-state index in [2.05, 4.69) is 278 Å². The highest BCUT2D eigenvalue weighted by Gasteiger charge is 2.36. The Kier molecular flexibility index (Phi) is 9.73. The van der Waals surface area contributed by atoms with Gasteiger partial charge in [0.05, 0.1) is 11.0 Å². The van der Waals surface area contributed by atoms with Crippen molar-refractivity contribution in [3.63, 3.8) is 0 Å². The smallest absolute Gasteiger partial charge is 0.0541 e.